The minimum absolute atomic E-state index is 0.923. The second-order valence-corrected chi connectivity index (χ2v) is 9.80. The molecule has 0 fully saturated rings. The first-order valence-electron chi connectivity index (χ1n) is 11.1. The first-order chi connectivity index (χ1) is 15.8. The zero-order valence-corrected chi connectivity index (χ0v) is 20.1. The average molecular weight is 456 g/mol. The maximum atomic E-state index is 2.44. The molecule has 0 aliphatic carbocycles. The molecule has 162 valence electrons. The Hall–Kier alpha value is -2.62. The second-order valence-electron chi connectivity index (χ2n) is 7.70. The fraction of sp³-hybridized carbons (Fsp3) is 0.172. The van der Waals surface area contributed by atoms with E-state index < -0.39 is 0 Å². The first-order valence-corrected chi connectivity index (χ1v) is 13.0. The van der Waals surface area contributed by atoms with Crippen LogP contribution in [0.3, 0.4) is 0 Å². The molecule has 4 rings (SSSR count). The van der Waals surface area contributed by atoms with Gasteiger partial charge in [-0.2, -0.15) is 0 Å². The number of thioether (sulfide) groups is 2. The quantitative estimate of drug-likeness (QED) is 0.221. The lowest BCUT2D eigenvalue weighted by Gasteiger charge is -2.24. The number of rotatable bonds is 10. The third-order valence-corrected chi connectivity index (χ3v) is 7.50. The molecule has 0 aliphatic heterocycles. The van der Waals surface area contributed by atoms with Crippen LogP contribution in [-0.2, 0) is 18.1 Å². The molecule has 0 amide bonds. The Kier molecular flexibility index (Phi) is 8.35. The van der Waals surface area contributed by atoms with E-state index in [1.165, 1.54) is 32.2 Å². The lowest BCUT2D eigenvalue weighted by Crippen LogP contribution is -2.21. The summed E-state index contributed by atoms with van der Waals surface area (Å²) < 4.78 is 0. The van der Waals surface area contributed by atoms with Gasteiger partial charge in [0.25, 0.3) is 0 Å². The first kappa shape index (κ1) is 22.6. The minimum atomic E-state index is 0.923. The van der Waals surface area contributed by atoms with Gasteiger partial charge in [0.2, 0.25) is 0 Å². The monoisotopic (exact) mass is 455 g/mol. The Bertz CT molecular complexity index is 1080. The summed E-state index contributed by atoms with van der Waals surface area (Å²) in [4.78, 5) is 5.08. The van der Waals surface area contributed by atoms with Crippen LogP contribution in [0.4, 0.5) is 5.69 Å². The van der Waals surface area contributed by atoms with E-state index in [4.69, 9.17) is 0 Å². The highest BCUT2D eigenvalue weighted by molar-refractivity contribution is 7.98. The highest BCUT2D eigenvalue weighted by Crippen LogP contribution is 2.27. The van der Waals surface area contributed by atoms with Gasteiger partial charge in [-0.15, -0.1) is 23.5 Å². The Morgan fingerprint density at radius 2 is 1.12 bits per heavy atom. The summed E-state index contributed by atoms with van der Waals surface area (Å²) in [5.74, 6) is 2.01. The zero-order chi connectivity index (χ0) is 22.0. The minimum Gasteiger partial charge on any atom is -0.367 e. The highest BCUT2D eigenvalue weighted by Gasteiger charge is 2.07. The van der Waals surface area contributed by atoms with Crippen LogP contribution in [0.2, 0.25) is 0 Å². The number of anilines is 1. The maximum absolute atomic E-state index is 2.44. The number of hydrogen-bond donors (Lipinski definition) is 0. The van der Waals surface area contributed by atoms with Crippen molar-refractivity contribution in [3.63, 3.8) is 0 Å². The summed E-state index contributed by atoms with van der Waals surface area (Å²) >= 11 is 3.79. The Labute approximate surface area is 200 Å². The molecule has 0 aromatic heterocycles. The summed E-state index contributed by atoms with van der Waals surface area (Å²) in [5, 5.41) is 0. The second kappa shape index (κ2) is 11.8. The summed E-state index contributed by atoms with van der Waals surface area (Å²) in [6.07, 6.45) is 0. The van der Waals surface area contributed by atoms with Gasteiger partial charge in [0.05, 0.1) is 0 Å². The lowest BCUT2D eigenvalue weighted by atomic mass is 10.2. The summed E-state index contributed by atoms with van der Waals surface area (Å²) in [5.41, 5.74) is 5.36. The molecule has 0 N–H and O–H groups in total. The predicted molar refractivity (Wildman–Crippen MR) is 142 cm³/mol. The van der Waals surface area contributed by atoms with E-state index in [2.05, 4.69) is 121 Å². The van der Waals surface area contributed by atoms with E-state index in [9.17, 15) is 0 Å². The molecule has 0 saturated heterocycles. The van der Waals surface area contributed by atoms with E-state index in [0.717, 1.165) is 24.6 Å². The summed E-state index contributed by atoms with van der Waals surface area (Å²) in [6, 6.07) is 39.3. The molecule has 0 heterocycles. The Balaban J connectivity index is 1.35. The van der Waals surface area contributed by atoms with Crippen LogP contribution in [-0.4, -0.2) is 6.54 Å². The van der Waals surface area contributed by atoms with E-state index in [-0.39, 0.29) is 0 Å². The number of nitrogens with zero attached hydrogens (tertiary/aromatic N) is 1. The van der Waals surface area contributed by atoms with Crippen LogP contribution in [0.1, 0.15) is 23.6 Å². The maximum Gasteiger partial charge on any atom is 0.0429 e. The SMILES string of the molecule is CCN(Cc1cccc(SCc2ccccc2)c1)c1ccc(SCc2ccccc2)cc1. The molecule has 32 heavy (non-hydrogen) atoms. The number of benzene rings is 4. The molecule has 0 atom stereocenters. The van der Waals surface area contributed by atoms with Gasteiger partial charge in [-0.3, -0.25) is 0 Å². The average Bonchev–Trinajstić information content (AvgIpc) is 2.87. The van der Waals surface area contributed by atoms with Crippen LogP contribution in [0.5, 0.6) is 0 Å². The van der Waals surface area contributed by atoms with E-state index in [0.29, 0.717) is 0 Å². The van der Waals surface area contributed by atoms with Gasteiger partial charge >= 0.3 is 0 Å². The lowest BCUT2D eigenvalue weighted by molar-refractivity contribution is 0.829. The smallest absolute Gasteiger partial charge is 0.0429 e. The van der Waals surface area contributed by atoms with Crippen molar-refractivity contribution in [3.05, 3.63) is 126 Å². The predicted octanol–water partition coefficient (Wildman–Crippen LogP) is 8.30. The molecule has 0 radical (unpaired) electrons. The van der Waals surface area contributed by atoms with Crippen molar-refractivity contribution < 1.29 is 0 Å². The molecule has 3 heteroatoms. The third kappa shape index (κ3) is 6.69. The molecule has 0 spiro atoms. The van der Waals surface area contributed by atoms with Gasteiger partial charge in [-0.1, -0.05) is 72.8 Å². The largest absolute Gasteiger partial charge is 0.367 e. The van der Waals surface area contributed by atoms with Crippen molar-refractivity contribution >= 4 is 29.2 Å². The van der Waals surface area contributed by atoms with Crippen molar-refractivity contribution in [1.82, 2.24) is 0 Å². The molecule has 0 saturated carbocycles. The molecule has 0 unspecified atom stereocenters. The molecule has 4 aromatic carbocycles. The molecule has 0 aliphatic rings. The van der Waals surface area contributed by atoms with Crippen molar-refractivity contribution in [2.24, 2.45) is 0 Å². The van der Waals surface area contributed by atoms with Crippen LogP contribution in [0.25, 0.3) is 0 Å². The Morgan fingerprint density at radius 1 is 0.562 bits per heavy atom. The standard InChI is InChI=1S/C29H29NS2/c1-2-30(27-16-18-28(19-17-27)31-22-24-10-5-3-6-11-24)21-26-14-9-15-29(20-26)32-23-25-12-7-4-8-13-25/h3-20H,2,21-23H2,1H3. The fourth-order valence-electron chi connectivity index (χ4n) is 3.57. The van der Waals surface area contributed by atoms with E-state index in [1.54, 1.807) is 0 Å². The van der Waals surface area contributed by atoms with Gasteiger partial charge < -0.3 is 4.90 Å². The molecular weight excluding hydrogens is 426 g/mol. The summed E-state index contributed by atoms with van der Waals surface area (Å²) in [6.45, 7) is 4.14. The van der Waals surface area contributed by atoms with Crippen molar-refractivity contribution in [2.75, 3.05) is 11.4 Å². The highest BCUT2D eigenvalue weighted by atomic mass is 32.2. The zero-order valence-electron chi connectivity index (χ0n) is 18.5. The number of hydrogen-bond acceptors (Lipinski definition) is 3. The van der Waals surface area contributed by atoms with Crippen LogP contribution in [0.15, 0.2) is 119 Å². The summed E-state index contributed by atoms with van der Waals surface area (Å²) in [7, 11) is 0. The van der Waals surface area contributed by atoms with Gasteiger partial charge in [0.15, 0.2) is 0 Å². The third-order valence-electron chi connectivity index (χ3n) is 5.35. The van der Waals surface area contributed by atoms with E-state index >= 15 is 0 Å². The molecule has 4 aromatic rings. The van der Waals surface area contributed by atoms with Crippen LogP contribution < -0.4 is 4.90 Å². The van der Waals surface area contributed by atoms with Gasteiger partial charge in [0.1, 0.15) is 0 Å². The van der Waals surface area contributed by atoms with Crippen LogP contribution in [0, 0.1) is 0 Å². The van der Waals surface area contributed by atoms with Crippen molar-refractivity contribution in [3.8, 4) is 0 Å². The normalized spacial score (nSPS) is 10.8. The fourth-order valence-corrected chi connectivity index (χ4v) is 5.36. The van der Waals surface area contributed by atoms with E-state index in [1.807, 2.05) is 23.5 Å². The van der Waals surface area contributed by atoms with Crippen molar-refractivity contribution in [1.29, 1.82) is 0 Å². The van der Waals surface area contributed by atoms with Crippen LogP contribution >= 0.6 is 23.5 Å². The molecule has 0 bridgehead atoms. The molecular formula is C29H29NS2. The van der Waals surface area contributed by atoms with Crippen molar-refractivity contribution in [2.45, 2.75) is 34.8 Å². The van der Waals surface area contributed by atoms with Gasteiger partial charge in [-0.25, -0.2) is 0 Å². The van der Waals surface area contributed by atoms with Gasteiger partial charge in [0, 0.05) is 40.1 Å². The topological polar surface area (TPSA) is 3.24 Å². The Morgan fingerprint density at radius 3 is 1.72 bits per heavy atom. The van der Waals surface area contributed by atoms with Gasteiger partial charge in [-0.05, 0) is 60.0 Å². The molecule has 1 nitrogen and oxygen atoms in total.